The van der Waals surface area contributed by atoms with Gasteiger partial charge < -0.3 is 15.4 Å². The number of piperidine rings is 1. The molecule has 1 fully saturated rings. The number of aromatic nitrogens is 2. The Hall–Kier alpha value is -2.54. The van der Waals surface area contributed by atoms with Gasteiger partial charge in [0.15, 0.2) is 0 Å². The second-order valence-corrected chi connectivity index (χ2v) is 9.40. The summed E-state index contributed by atoms with van der Waals surface area (Å²) in [7, 11) is 1.79. The van der Waals surface area contributed by atoms with Crippen LogP contribution in [0.2, 0.25) is 5.02 Å². The van der Waals surface area contributed by atoms with Gasteiger partial charge in [0.2, 0.25) is 5.91 Å². The molecule has 0 saturated carbocycles. The number of likely N-dealkylation sites (tertiary alicyclic amines) is 1. The van der Waals surface area contributed by atoms with Crippen LogP contribution in [0, 0.1) is 11.3 Å². The highest BCUT2D eigenvalue weighted by Crippen LogP contribution is 2.35. The minimum atomic E-state index is -0.540. The molecule has 7 nitrogen and oxygen atoms in total. The van der Waals surface area contributed by atoms with Crippen molar-refractivity contribution < 1.29 is 14.3 Å². The van der Waals surface area contributed by atoms with Gasteiger partial charge in [0, 0.05) is 37.0 Å². The van der Waals surface area contributed by atoms with Crippen LogP contribution in [0.5, 0.6) is 5.75 Å². The van der Waals surface area contributed by atoms with Gasteiger partial charge >= 0.3 is 0 Å². The fourth-order valence-electron chi connectivity index (χ4n) is 4.26. The summed E-state index contributed by atoms with van der Waals surface area (Å²) in [6, 6.07) is 9.01. The first-order chi connectivity index (χ1) is 14.7. The van der Waals surface area contributed by atoms with Crippen molar-refractivity contribution in [2.24, 2.45) is 24.1 Å². The summed E-state index contributed by atoms with van der Waals surface area (Å²) < 4.78 is 7.63. The SMILES string of the molecule is CC(C)Cc1cc(C(=O)N2CCCC(COc3cccc(Cl)c3)(CC(N)=O)C2)n(C)n1. The number of halogens is 1. The van der Waals surface area contributed by atoms with Crippen molar-refractivity contribution in [1.82, 2.24) is 14.7 Å². The van der Waals surface area contributed by atoms with Crippen LogP contribution in [-0.4, -0.2) is 46.2 Å². The third-order valence-electron chi connectivity index (χ3n) is 5.61. The molecule has 2 aromatic rings. The number of hydrogen-bond donors (Lipinski definition) is 1. The number of nitrogens with two attached hydrogens (primary N) is 1. The van der Waals surface area contributed by atoms with Crippen molar-refractivity contribution in [3.63, 3.8) is 0 Å². The Morgan fingerprint density at radius 1 is 1.32 bits per heavy atom. The molecule has 1 aliphatic heterocycles. The summed E-state index contributed by atoms with van der Waals surface area (Å²) >= 11 is 6.05. The fraction of sp³-hybridized carbons (Fsp3) is 0.522. The van der Waals surface area contributed by atoms with Gasteiger partial charge in [-0.25, -0.2) is 0 Å². The highest BCUT2D eigenvalue weighted by atomic mass is 35.5. The monoisotopic (exact) mass is 446 g/mol. The van der Waals surface area contributed by atoms with E-state index >= 15 is 0 Å². The molecule has 1 atom stereocenters. The first-order valence-corrected chi connectivity index (χ1v) is 11.0. The van der Waals surface area contributed by atoms with Gasteiger partial charge in [-0.2, -0.15) is 5.10 Å². The van der Waals surface area contributed by atoms with Gasteiger partial charge in [0.1, 0.15) is 11.4 Å². The number of carbonyl (C=O) groups excluding carboxylic acids is 2. The van der Waals surface area contributed by atoms with Crippen LogP contribution in [0.25, 0.3) is 0 Å². The van der Waals surface area contributed by atoms with E-state index in [0.717, 1.165) is 25.0 Å². The summed E-state index contributed by atoms with van der Waals surface area (Å²) in [6.45, 7) is 5.56. The van der Waals surface area contributed by atoms with Crippen LogP contribution in [-0.2, 0) is 18.3 Å². The van der Waals surface area contributed by atoms with Crippen LogP contribution in [0.4, 0.5) is 0 Å². The Morgan fingerprint density at radius 3 is 2.77 bits per heavy atom. The molecule has 2 N–H and O–H groups in total. The van der Waals surface area contributed by atoms with E-state index in [1.165, 1.54) is 0 Å². The molecule has 1 saturated heterocycles. The lowest BCUT2D eigenvalue weighted by molar-refractivity contribution is -0.122. The molecule has 1 aliphatic rings. The minimum absolute atomic E-state index is 0.0821. The maximum Gasteiger partial charge on any atom is 0.272 e. The molecule has 168 valence electrons. The molecule has 2 amide bonds. The molecule has 0 spiro atoms. The van der Waals surface area contributed by atoms with E-state index in [0.29, 0.717) is 35.5 Å². The molecule has 0 radical (unpaired) electrons. The first-order valence-electron chi connectivity index (χ1n) is 10.7. The van der Waals surface area contributed by atoms with Crippen molar-refractivity contribution in [1.29, 1.82) is 0 Å². The van der Waals surface area contributed by atoms with E-state index < -0.39 is 11.3 Å². The summed E-state index contributed by atoms with van der Waals surface area (Å²) in [6.07, 6.45) is 2.50. The summed E-state index contributed by atoms with van der Waals surface area (Å²) in [4.78, 5) is 27.0. The number of amides is 2. The zero-order chi connectivity index (χ0) is 22.6. The second kappa shape index (κ2) is 9.73. The lowest BCUT2D eigenvalue weighted by Gasteiger charge is -2.42. The van der Waals surface area contributed by atoms with E-state index in [4.69, 9.17) is 22.1 Å². The summed E-state index contributed by atoms with van der Waals surface area (Å²) in [5, 5.41) is 5.07. The molecule has 8 heteroatoms. The van der Waals surface area contributed by atoms with Crippen LogP contribution >= 0.6 is 11.6 Å². The minimum Gasteiger partial charge on any atom is -0.493 e. The Bertz CT molecular complexity index is 943. The van der Waals surface area contributed by atoms with Crippen molar-refractivity contribution in [2.75, 3.05) is 19.7 Å². The molecule has 3 rings (SSSR count). The van der Waals surface area contributed by atoms with Crippen LogP contribution in [0.3, 0.4) is 0 Å². The summed E-state index contributed by atoms with van der Waals surface area (Å²) in [5.41, 5.74) is 6.50. The highest BCUT2D eigenvalue weighted by Gasteiger charge is 2.40. The number of carbonyl (C=O) groups is 2. The van der Waals surface area contributed by atoms with Gasteiger partial charge in [0.25, 0.3) is 5.91 Å². The third kappa shape index (κ3) is 6.00. The van der Waals surface area contributed by atoms with Gasteiger partial charge in [-0.15, -0.1) is 0 Å². The quantitative estimate of drug-likeness (QED) is 0.672. The maximum atomic E-state index is 13.3. The van der Waals surface area contributed by atoms with Crippen molar-refractivity contribution in [3.8, 4) is 5.75 Å². The number of rotatable bonds is 8. The summed E-state index contributed by atoms with van der Waals surface area (Å²) in [5.74, 6) is 0.606. The number of hydrogen-bond acceptors (Lipinski definition) is 4. The van der Waals surface area contributed by atoms with Gasteiger partial charge in [-0.05, 0) is 49.4 Å². The van der Waals surface area contributed by atoms with Crippen molar-refractivity contribution in [3.05, 3.63) is 46.7 Å². The van der Waals surface area contributed by atoms with Crippen LogP contribution < -0.4 is 10.5 Å². The average molecular weight is 447 g/mol. The smallest absolute Gasteiger partial charge is 0.272 e. The van der Waals surface area contributed by atoms with Crippen LogP contribution in [0.1, 0.15) is 49.3 Å². The van der Waals surface area contributed by atoms with E-state index in [9.17, 15) is 9.59 Å². The first kappa shape index (κ1) is 23.1. The fourth-order valence-corrected chi connectivity index (χ4v) is 4.44. The molecule has 0 aliphatic carbocycles. The Morgan fingerprint density at radius 2 is 2.10 bits per heavy atom. The second-order valence-electron chi connectivity index (χ2n) is 8.96. The molecule has 1 aromatic carbocycles. The Balaban J connectivity index is 1.77. The van der Waals surface area contributed by atoms with Gasteiger partial charge in [-0.3, -0.25) is 14.3 Å². The molecule has 0 bridgehead atoms. The largest absolute Gasteiger partial charge is 0.493 e. The Kier molecular flexibility index (Phi) is 7.26. The lowest BCUT2D eigenvalue weighted by Crippen LogP contribution is -2.50. The van der Waals surface area contributed by atoms with E-state index in [2.05, 4.69) is 18.9 Å². The normalized spacial score (nSPS) is 18.9. The number of benzene rings is 1. The number of ether oxygens (including phenoxy) is 1. The lowest BCUT2D eigenvalue weighted by atomic mass is 9.77. The highest BCUT2D eigenvalue weighted by molar-refractivity contribution is 6.30. The van der Waals surface area contributed by atoms with E-state index in [1.807, 2.05) is 18.2 Å². The predicted octanol–water partition coefficient (Wildman–Crippen LogP) is 3.45. The average Bonchev–Trinajstić information content (AvgIpc) is 3.05. The zero-order valence-corrected chi connectivity index (χ0v) is 19.2. The van der Waals surface area contributed by atoms with Crippen molar-refractivity contribution in [2.45, 2.75) is 39.5 Å². The van der Waals surface area contributed by atoms with Crippen molar-refractivity contribution >= 4 is 23.4 Å². The van der Waals surface area contributed by atoms with E-state index in [-0.39, 0.29) is 18.9 Å². The number of nitrogens with zero attached hydrogens (tertiary/aromatic N) is 3. The third-order valence-corrected chi connectivity index (χ3v) is 5.84. The zero-order valence-electron chi connectivity index (χ0n) is 18.4. The molecule has 1 unspecified atom stereocenters. The number of primary amides is 1. The number of aryl methyl sites for hydroxylation is 1. The standard InChI is InChI=1S/C23H31ClN4O3/c1-16(2)10-18-12-20(27(3)26-18)22(30)28-9-5-8-23(14-28,13-21(25)29)15-31-19-7-4-6-17(24)11-19/h4,6-7,11-12,16H,5,8-10,13-15H2,1-3H3,(H2,25,29). The van der Waals surface area contributed by atoms with Gasteiger partial charge in [-0.1, -0.05) is 31.5 Å². The van der Waals surface area contributed by atoms with Crippen LogP contribution in [0.15, 0.2) is 30.3 Å². The molecule has 1 aromatic heterocycles. The molecule has 2 heterocycles. The molecule has 31 heavy (non-hydrogen) atoms. The predicted molar refractivity (Wildman–Crippen MR) is 120 cm³/mol. The molecular formula is C23H31ClN4O3. The topological polar surface area (TPSA) is 90.5 Å². The molecular weight excluding hydrogens is 416 g/mol. The maximum absolute atomic E-state index is 13.3. The van der Waals surface area contributed by atoms with E-state index in [1.54, 1.807) is 28.8 Å². The van der Waals surface area contributed by atoms with Gasteiger partial charge in [0.05, 0.1) is 12.3 Å². The Labute approximate surface area is 188 Å².